The van der Waals surface area contributed by atoms with Crippen LogP contribution in [-0.4, -0.2) is 24.0 Å². The highest BCUT2D eigenvalue weighted by Gasteiger charge is 2.26. The number of carbonyl (C=O) groups excluding carboxylic acids is 1. The maximum Gasteiger partial charge on any atom is 0.226 e. The van der Waals surface area contributed by atoms with Crippen molar-refractivity contribution >= 4 is 34.8 Å². The number of rotatable bonds is 5. The molecule has 0 radical (unpaired) electrons. The van der Waals surface area contributed by atoms with Gasteiger partial charge in [0, 0.05) is 23.4 Å². The summed E-state index contributed by atoms with van der Waals surface area (Å²) in [6, 6.07) is 7.87. The molecule has 7 heteroatoms. The number of ether oxygens (including phenoxy) is 1. The van der Waals surface area contributed by atoms with Gasteiger partial charge >= 0.3 is 0 Å². The molecular weight excluding hydrogens is 346 g/mol. The predicted molar refractivity (Wildman–Crippen MR) is 99.9 cm³/mol. The summed E-state index contributed by atoms with van der Waals surface area (Å²) in [5.41, 5.74) is 7.75. The number of benzene rings is 1. The highest BCUT2D eigenvalue weighted by Crippen LogP contribution is 2.32. The summed E-state index contributed by atoms with van der Waals surface area (Å²) in [6.45, 7) is 0. The number of hydrogen-bond acceptors (Lipinski definition) is 5. The average Bonchev–Trinajstić information content (AvgIpc) is 3.17. The van der Waals surface area contributed by atoms with E-state index in [9.17, 15) is 4.79 Å². The third-order valence-electron chi connectivity index (χ3n) is 4.30. The van der Waals surface area contributed by atoms with Crippen molar-refractivity contribution in [3.8, 4) is 17.0 Å². The summed E-state index contributed by atoms with van der Waals surface area (Å²) in [5.74, 6) is 1.06. The van der Waals surface area contributed by atoms with Crippen LogP contribution in [0.4, 0.5) is 5.13 Å². The van der Waals surface area contributed by atoms with Crippen LogP contribution in [-0.2, 0) is 4.79 Å². The van der Waals surface area contributed by atoms with E-state index in [1.165, 1.54) is 11.3 Å². The zero-order chi connectivity index (χ0) is 16.2. The molecule has 5 nitrogen and oxygen atoms in total. The first-order valence-electron chi connectivity index (χ1n) is 7.81. The van der Waals surface area contributed by atoms with Crippen LogP contribution in [0, 0.1) is 5.92 Å². The first-order chi connectivity index (χ1) is 11.2. The molecule has 0 spiro atoms. The van der Waals surface area contributed by atoms with Gasteiger partial charge in [-0.15, -0.1) is 23.7 Å². The molecule has 0 bridgehead atoms. The minimum atomic E-state index is -0.00623. The molecular formula is C17H22ClN3O2S. The Hall–Kier alpha value is -1.63. The number of halogens is 1. The lowest BCUT2D eigenvalue weighted by atomic mass is 10.00. The molecule has 0 aliphatic heterocycles. The number of hydrogen-bond donors (Lipinski definition) is 2. The Labute approximate surface area is 152 Å². The predicted octanol–water partition coefficient (Wildman–Crippen LogP) is 3.70. The Balaban J connectivity index is 0.00000208. The molecule has 0 saturated heterocycles. The number of nitrogens with two attached hydrogens (primary N) is 1. The lowest BCUT2D eigenvalue weighted by Crippen LogP contribution is -2.28. The van der Waals surface area contributed by atoms with Gasteiger partial charge in [-0.25, -0.2) is 4.98 Å². The van der Waals surface area contributed by atoms with E-state index in [4.69, 9.17) is 10.5 Å². The van der Waals surface area contributed by atoms with Gasteiger partial charge in [-0.2, -0.15) is 0 Å². The highest BCUT2D eigenvalue weighted by atomic mass is 35.5. The summed E-state index contributed by atoms with van der Waals surface area (Å²) in [6.07, 6.45) is 3.66. The molecule has 1 aromatic carbocycles. The zero-order valence-corrected chi connectivity index (χ0v) is 15.2. The largest absolute Gasteiger partial charge is 0.496 e. The van der Waals surface area contributed by atoms with Crippen molar-refractivity contribution in [2.45, 2.75) is 31.7 Å². The summed E-state index contributed by atoms with van der Waals surface area (Å²) in [4.78, 5) is 16.7. The van der Waals surface area contributed by atoms with Crippen molar-refractivity contribution in [1.82, 2.24) is 4.98 Å². The van der Waals surface area contributed by atoms with E-state index in [-0.39, 0.29) is 24.4 Å². The number of amides is 1. The highest BCUT2D eigenvalue weighted by molar-refractivity contribution is 7.14. The fourth-order valence-electron chi connectivity index (χ4n) is 3.04. The SMILES string of the molecule is COc1ccccc1-c1csc(NC(=O)C[C@@H]2CCC[C@H]2N)n1.Cl. The molecule has 1 saturated carbocycles. The molecule has 1 aromatic heterocycles. The number of methoxy groups -OCH3 is 1. The number of aromatic nitrogens is 1. The average molecular weight is 368 g/mol. The minimum absolute atomic E-state index is 0. The van der Waals surface area contributed by atoms with Crippen molar-refractivity contribution in [3.63, 3.8) is 0 Å². The van der Waals surface area contributed by atoms with Gasteiger partial charge in [-0.3, -0.25) is 4.79 Å². The minimum Gasteiger partial charge on any atom is -0.496 e. The number of thiazole rings is 1. The van der Waals surface area contributed by atoms with Crippen molar-refractivity contribution in [3.05, 3.63) is 29.6 Å². The van der Waals surface area contributed by atoms with Crippen LogP contribution in [0.25, 0.3) is 11.3 Å². The molecule has 24 heavy (non-hydrogen) atoms. The van der Waals surface area contributed by atoms with E-state index in [1.54, 1.807) is 7.11 Å². The molecule has 2 atom stereocenters. The molecule has 0 unspecified atom stereocenters. The number of carbonyl (C=O) groups is 1. The fourth-order valence-corrected chi connectivity index (χ4v) is 3.77. The summed E-state index contributed by atoms with van der Waals surface area (Å²) >= 11 is 1.42. The Morgan fingerprint density at radius 3 is 2.92 bits per heavy atom. The lowest BCUT2D eigenvalue weighted by molar-refractivity contribution is -0.117. The van der Waals surface area contributed by atoms with Gasteiger partial charge in [0.25, 0.3) is 0 Å². The molecule has 130 valence electrons. The van der Waals surface area contributed by atoms with Crippen LogP contribution < -0.4 is 15.8 Å². The lowest BCUT2D eigenvalue weighted by Gasteiger charge is -2.13. The van der Waals surface area contributed by atoms with E-state index in [0.717, 1.165) is 36.3 Å². The van der Waals surface area contributed by atoms with E-state index in [0.29, 0.717) is 17.5 Å². The first-order valence-corrected chi connectivity index (χ1v) is 8.69. The molecule has 3 N–H and O–H groups in total. The monoisotopic (exact) mass is 367 g/mol. The van der Waals surface area contributed by atoms with Gasteiger partial charge in [0.2, 0.25) is 5.91 Å². The Kier molecular flexibility index (Phi) is 6.60. The third-order valence-corrected chi connectivity index (χ3v) is 5.06. The number of anilines is 1. The van der Waals surface area contributed by atoms with Crippen LogP contribution in [0.2, 0.25) is 0 Å². The number of nitrogens with zero attached hydrogens (tertiary/aromatic N) is 1. The van der Waals surface area contributed by atoms with E-state index < -0.39 is 0 Å². The second-order valence-electron chi connectivity index (χ2n) is 5.85. The van der Waals surface area contributed by atoms with Crippen LogP contribution in [0.3, 0.4) is 0 Å². The van der Waals surface area contributed by atoms with Gasteiger partial charge < -0.3 is 15.8 Å². The normalized spacial score (nSPS) is 19.6. The quantitative estimate of drug-likeness (QED) is 0.844. The van der Waals surface area contributed by atoms with E-state index in [2.05, 4.69) is 10.3 Å². The second-order valence-corrected chi connectivity index (χ2v) is 6.70. The van der Waals surface area contributed by atoms with Crippen LogP contribution in [0.15, 0.2) is 29.6 Å². The van der Waals surface area contributed by atoms with Crippen LogP contribution >= 0.6 is 23.7 Å². The van der Waals surface area contributed by atoms with Crippen molar-refractivity contribution in [2.75, 3.05) is 12.4 Å². The molecule has 2 aromatic rings. The van der Waals surface area contributed by atoms with Gasteiger partial charge in [0.15, 0.2) is 5.13 Å². The maximum absolute atomic E-state index is 12.2. The topological polar surface area (TPSA) is 77.2 Å². The molecule has 1 aliphatic carbocycles. The molecule has 1 heterocycles. The second kappa shape index (κ2) is 8.46. The Bertz CT molecular complexity index is 692. The summed E-state index contributed by atoms with van der Waals surface area (Å²) in [7, 11) is 1.64. The molecule has 1 fully saturated rings. The summed E-state index contributed by atoms with van der Waals surface area (Å²) in [5, 5.41) is 5.43. The summed E-state index contributed by atoms with van der Waals surface area (Å²) < 4.78 is 5.35. The van der Waals surface area contributed by atoms with E-state index in [1.807, 2.05) is 29.6 Å². The zero-order valence-electron chi connectivity index (χ0n) is 13.5. The van der Waals surface area contributed by atoms with Gasteiger partial charge in [-0.05, 0) is 30.9 Å². The fraction of sp³-hybridized carbons (Fsp3) is 0.412. The molecule has 1 amide bonds. The van der Waals surface area contributed by atoms with E-state index >= 15 is 0 Å². The standard InChI is InChI=1S/C17H21N3O2S.ClH/c1-22-15-8-3-2-6-12(15)14-10-23-17(19-14)20-16(21)9-11-5-4-7-13(11)18;/h2-3,6,8,10-11,13H,4-5,7,9,18H2,1H3,(H,19,20,21);1H/t11-,13+;/m0./s1. The van der Waals surface area contributed by atoms with Crippen LogP contribution in [0.5, 0.6) is 5.75 Å². The van der Waals surface area contributed by atoms with Gasteiger partial charge in [0.1, 0.15) is 5.75 Å². The Morgan fingerprint density at radius 2 is 2.21 bits per heavy atom. The number of para-hydroxylation sites is 1. The van der Waals surface area contributed by atoms with Crippen molar-refractivity contribution < 1.29 is 9.53 Å². The van der Waals surface area contributed by atoms with Crippen molar-refractivity contribution in [1.29, 1.82) is 0 Å². The van der Waals surface area contributed by atoms with Gasteiger partial charge in [-0.1, -0.05) is 18.6 Å². The smallest absolute Gasteiger partial charge is 0.226 e. The number of nitrogens with one attached hydrogen (secondary N) is 1. The van der Waals surface area contributed by atoms with Crippen LogP contribution in [0.1, 0.15) is 25.7 Å². The first kappa shape index (κ1) is 18.7. The Morgan fingerprint density at radius 1 is 1.42 bits per heavy atom. The maximum atomic E-state index is 12.2. The third kappa shape index (κ3) is 4.26. The van der Waals surface area contributed by atoms with Crippen molar-refractivity contribution in [2.24, 2.45) is 11.7 Å². The molecule has 1 aliphatic rings. The molecule has 3 rings (SSSR count). The van der Waals surface area contributed by atoms with Gasteiger partial charge in [0.05, 0.1) is 12.8 Å².